The molecule has 1 fully saturated rings. The summed E-state index contributed by atoms with van der Waals surface area (Å²) in [5, 5.41) is 0. The van der Waals surface area contributed by atoms with Crippen molar-refractivity contribution in [2.24, 2.45) is 5.73 Å². The standard InChI is InChI=1S/C10H12F2N2/c11-9-3-1-2-7(10(9)12)4-14-5-8(13)6-14/h1-3,8H,4-6,13H2. The SMILES string of the molecule is NC1CN(Cc2cccc(F)c2F)C1. The van der Waals surface area contributed by atoms with E-state index in [-0.39, 0.29) is 6.04 Å². The maximum absolute atomic E-state index is 13.2. The second kappa shape index (κ2) is 3.63. The van der Waals surface area contributed by atoms with Crippen LogP contribution in [-0.4, -0.2) is 24.0 Å². The van der Waals surface area contributed by atoms with Crippen LogP contribution in [0.2, 0.25) is 0 Å². The largest absolute Gasteiger partial charge is 0.325 e. The zero-order chi connectivity index (χ0) is 10.1. The van der Waals surface area contributed by atoms with Crippen molar-refractivity contribution in [2.75, 3.05) is 13.1 Å². The lowest BCUT2D eigenvalue weighted by Crippen LogP contribution is -2.54. The van der Waals surface area contributed by atoms with Crippen LogP contribution in [0.15, 0.2) is 18.2 Å². The fourth-order valence-corrected chi connectivity index (χ4v) is 1.65. The zero-order valence-electron chi connectivity index (χ0n) is 7.71. The lowest BCUT2D eigenvalue weighted by atomic mass is 10.1. The molecule has 0 atom stereocenters. The molecular formula is C10H12F2N2. The number of halogens is 2. The Morgan fingerprint density at radius 2 is 2.07 bits per heavy atom. The highest BCUT2D eigenvalue weighted by Gasteiger charge is 2.23. The molecule has 1 heterocycles. The van der Waals surface area contributed by atoms with Crippen LogP contribution < -0.4 is 5.73 Å². The molecule has 0 aliphatic carbocycles. The molecule has 1 saturated heterocycles. The summed E-state index contributed by atoms with van der Waals surface area (Å²) in [7, 11) is 0. The van der Waals surface area contributed by atoms with Gasteiger partial charge in [0.05, 0.1) is 0 Å². The van der Waals surface area contributed by atoms with Crippen molar-refractivity contribution in [3.05, 3.63) is 35.4 Å². The molecule has 76 valence electrons. The van der Waals surface area contributed by atoms with Gasteiger partial charge in [-0.15, -0.1) is 0 Å². The van der Waals surface area contributed by atoms with Crippen LogP contribution in [0.4, 0.5) is 8.78 Å². The van der Waals surface area contributed by atoms with Crippen molar-refractivity contribution < 1.29 is 8.78 Å². The molecule has 2 rings (SSSR count). The van der Waals surface area contributed by atoms with E-state index in [2.05, 4.69) is 0 Å². The summed E-state index contributed by atoms with van der Waals surface area (Å²) in [6.07, 6.45) is 0. The van der Waals surface area contributed by atoms with Crippen LogP contribution in [-0.2, 0) is 6.54 Å². The van der Waals surface area contributed by atoms with E-state index in [0.717, 1.165) is 19.2 Å². The highest BCUT2D eigenvalue weighted by molar-refractivity contribution is 5.19. The molecule has 1 aromatic carbocycles. The van der Waals surface area contributed by atoms with Gasteiger partial charge < -0.3 is 5.73 Å². The van der Waals surface area contributed by atoms with Crippen LogP contribution in [0.3, 0.4) is 0 Å². The maximum atomic E-state index is 13.2. The molecule has 1 aromatic rings. The Hall–Kier alpha value is -1.00. The first-order valence-corrected chi connectivity index (χ1v) is 4.57. The van der Waals surface area contributed by atoms with E-state index in [9.17, 15) is 8.78 Å². The summed E-state index contributed by atoms with van der Waals surface area (Å²) in [6.45, 7) is 1.96. The fourth-order valence-electron chi connectivity index (χ4n) is 1.65. The summed E-state index contributed by atoms with van der Waals surface area (Å²) < 4.78 is 26.0. The van der Waals surface area contributed by atoms with Gasteiger partial charge in [-0.05, 0) is 6.07 Å². The monoisotopic (exact) mass is 198 g/mol. The Bertz CT molecular complexity index is 335. The van der Waals surface area contributed by atoms with E-state index in [0.29, 0.717) is 12.1 Å². The van der Waals surface area contributed by atoms with Crippen molar-refractivity contribution in [1.82, 2.24) is 4.90 Å². The van der Waals surface area contributed by atoms with Crippen molar-refractivity contribution in [1.29, 1.82) is 0 Å². The zero-order valence-corrected chi connectivity index (χ0v) is 7.71. The van der Waals surface area contributed by atoms with Gasteiger partial charge in [0.25, 0.3) is 0 Å². The Kier molecular flexibility index (Phi) is 2.48. The summed E-state index contributed by atoms with van der Waals surface area (Å²) in [4.78, 5) is 1.99. The van der Waals surface area contributed by atoms with Gasteiger partial charge in [-0.3, -0.25) is 4.90 Å². The van der Waals surface area contributed by atoms with E-state index in [1.807, 2.05) is 4.90 Å². The first-order chi connectivity index (χ1) is 6.66. The minimum absolute atomic E-state index is 0.187. The minimum atomic E-state index is -0.785. The quantitative estimate of drug-likeness (QED) is 0.771. The Labute approximate surface area is 81.3 Å². The van der Waals surface area contributed by atoms with E-state index in [1.165, 1.54) is 6.07 Å². The highest BCUT2D eigenvalue weighted by atomic mass is 19.2. The summed E-state index contributed by atoms with van der Waals surface area (Å²) in [6, 6.07) is 4.43. The second-order valence-corrected chi connectivity index (χ2v) is 3.67. The molecule has 1 aliphatic rings. The fraction of sp³-hybridized carbons (Fsp3) is 0.400. The molecule has 0 saturated carbocycles. The van der Waals surface area contributed by atoms with Crippen molar-refractivity contribution in [3.8, 4) is 0 Å². The van der Waals surface area contributed by atoms with Gasteiger partial charge in [0.1, 0.15) is 0 Å². The first kappa shape index (κ1) is 9.55. The van der Waals surface area contributed by atoms with Crippen LogP contribution in [0.25, 0.3) is 0 Å². The van der Waals surface area contributed by atoms with E-state index in [4.69, 9.17) is 5.73 Å². The van der Waals surface area contributed by atoms with Crippen molar-refractivity contribution in [2.45, 2.75) is 12.6 Å². The van der Waals surface area contributed by atoms with Gasteiger partial charge in [-0.2, -0.15) is 0 Å². The van der Waals surface area contributed by atoms with E-state index < -0.39 is 11.6 Å². The third-order valence-electron chi connectivity index (χ3n) is 2.41. The first-order valence-electron chi connectivity index (χ1n) is 4.57. The summed E-state index contributed by atoms with van der Waals surface area (Å²) in [5.41, 5.74) is 5.98. The number of nitrogens with zero attached hydrogens (tertiary/aromatic N) is 1. The Morgan fingerprint density at radius 3 is 2.71 bits per heavy atom. The van der Waals surface area contributed by atoms with Gasteiger partial charge in [-0.1, -0.05) is 12.1 Å². The molecule has 2 nitrogen and oxygen atoms in total. The molecule has 4 heteroatoms. The number of hydrogen-bond donors (Lipinski definition) is 1. The van der Waals surface area contributed by atoms with Crippen LogP contribution in [0.5, 0.6) is 0 Å². The number of rotatable bonds is 2. The Balaban J connectivity index is 2.06. The molecule has 2 N–H and O–H groups in total. The van der Waals surface area contributed by atoms with Crippen LogP contribution in [0.1, 0.15) is 5.56 Å². The maximum Gasteiger partial charge on any atom is 0.163 e. The highest BCUT2D eigenvalue weighted by Crippen LogP contribution is 2.16. The van der Waals surface area contributed by atoms with Gasteiger partial charge >= 0.3 is 0 Å². The van der Waals surface area contributed by atoms with Crippen molar-refractivity contribution >= 4 is 0 Å². The minimum Gasteiger partial charge on any atom is -0.325 e. The summed E-state index contributed by atoms with van der Waals surface area (Å²) in [5.74, 6) is -1.53. The molecule has 0 amide bonds. The van der Waals surface area contributed by atoms with Gasteiger partial charge in [0.15, 0.2) is 11.6 Å². The molecule has 14 heavy (non-hydrogen) atoms. The molecule has 0 spiro atoms. The average molecular weight is 198 g/mol. The average Bonchev–Trinajstić information content (AvgIpc) is 2.10. The van der Waals surface area contributed by atoms with E-state index >= 15 is 0 Å². The third kappa shape index (κ3) is 1.76. The van der Waals surface area contributed by atoms with Crippen molar-refractivity contribution in [3.63, 3.8) is 0 Å². The molecule has 0 radical (unpaired) electrons. The van der Waals surface area contributed by atoms with Gasteiger partial charge in [0.2, 0.25) is 0 Å². The van der Waals surface area contributed by atoms with Crippen LogP contribution >= 0.6 is 0 Å². The lowest BCUT2D eigenvalue weighted by Gasteiger charge is -2.36. The topological polar surface area (TPSA) is 29.3 Å². The van der Waals surface area contributed by atoms with Gasteiger partial charge in [-0.25, -0.2) is 8.78 Å². The number of benzene rings is 1. The lowest BCUT2D eigenvalue weighted by molar-refractivity contribution is 0.140. The predicted molar refractivity (Wildman–Crippen MR) is 49.6 cm³/mol. The molecular weight excluding hydrogens is 186 g/mol. The summed E-state index contributed by atoms with van der Waals surface area (Å²) >= 11 is 0. The Morgan fingerprint density at radius 1 is 1.36 bits per heavy atom. The third-order valence-corrected chi connectivity index (χ3v) is 2.41. The number of likely N-dealkylation sites (tertiary alicyclic amines) is 1. The molecule has 0 bridgehead atoms. The van der Waals surface area contributed by atoms with Gasteiger partial charge in [0, 0.05) is 31.2 Å². The van der Waals surface area contributed by atoms with E-state index in [1.54, 1.807) is 6.07 Å². The van der Waals surface area contributed by atoms with Crippen LogP contribution in [0, 0.1) is 11.6 Å². The normalized spacial score (nSPS) is 18.2. The molecule has 0 unspecified atom stereocenters. The molecule has 1 aliphatic heterocycles. The molecule has 0 aromatic heterocycles. The predicted octanol–water partition coefficient (Wildman–Crippen LogP) is 1.11. The smallest absolute Gasteiger partial charge is 0.163 e. The number of nitrogens with two attached hydrogens (primary N) is 1. The number of hydrogen-bond acceptors (Lipinski definition) is 2. The second-order valence-electron chi connectivity index (χ2n) is 3.67.